The van der Waals surface area contributed by atoms with E-state index in [9.17, 15) is 4.79 Å². The lowest BCUT2D eigenvalue weighted by Gasteiger charge is -2.26. The van der Waals surface area contributed by atoms with E-state index >= 15 is 0 Å². The second-order valence-electron chi connectivity index (χ2n) is 4.90. The van der Waals surface area contributed by atoms with Gasteiger partial charge in [-0.1, -0.05) is 0 Å². The Labute approximate surface area is 121 Å². The normalized spacial score (nSPS) is 15.3. The summed E-state index contributed by atoms with van der Waals surface area (Å²) in [6.45, 7) is 4.68. The van der Waals surface area contributed by atoms with Crippen LogP contribution < -0.4 is 5.73 Å². The Bertz CT molecular complexity index is 660. The van der Waals surface area contributed by atoms with Gasteiger partial charge in [-0.3, -0.25) is 9.48 Å². The molecule has 2 N–H and O–H groups in total. The van der Waals surface area contributed by atoms with Gasteiger partial charge < -0.3 is 10.3 Å². The van der Waals surface area contributed by atoms with Gasteiger partial charge in [-0.05, 0) is 31.0 Å². The van der Waals surface area contributed by atoms with Gasteiger partial charge in [-0.2, -0.15) is 5.10 Å². The van der Waals surface area contributed by atoms with Gasteiger partial charge in [0.05, 0.1) is 18.8 Å². The second-order valence-corrected chi connectivity index (χ2v) is 6.04. The van der Waals surface area contributed by atoms with Crippen LogP contribution in [0.5, 0.6) is 0 Å². The van der Waals surface area contributed by atoms with E-state index in [2.05, 4.69) is 9.40 Å². The number of nitrogens with two attached hydrogens (primary N) is 1. The van der Waals surface area contributed by atoms with Crippen LogP contribution in [-0.2, 0) is 20.1 Å². The molecule has 0 bridgehead atoms. The summed E-state index contributed by atoms with van der Waals surface area (Å²) in [6.07, 6.45) is 1.84. The van der Waals surface area contributed by atoms with Gasteiger partial charge in [-0.25, -0.2) is 4.31 Å². The van der Waals surface area contributed by atoms with Crippen molar-refractivity contribution in [3.05, 3.63) is 35.4 Å². The van der Waals surface area contributed by atoms with Gasteiger partial charge in [0.15, 0.2) is 0 Å². The zero-order valence-electron chi connectivity index (χ0n) is 11.5. The Morgan fingerprint density at radius 2 is 2.25 bits per heavy atom. The van der Waals surface area contributed by atoms with E-state index in [0.717, 1.165) is 30.2 Å². The highest BCUT2D eigenvalue weighted by atomic mass is 32.2. The first kappa shape index (κ1) is 13.3. The van der Waals surface area contributed by atoms with E-state index in [4.69, 9.17) is 5.73 Å². The number of amides is 1. The predicted octanol–water partition coefficient (Wildman–Crippen LogP) is 1.15. The highest BCUT2D eigenvalue weighted by molar-refractivity contribution is 7.97. The molecule has 0 fully saturated rings. The molecule has 20 heavy (non-hydrogen) atoms. The molecular weight excluding hydrogens is 274 g/mol. The Morgan fingerprint density at radius 1 is 1.45 bits per heavy atom. The largest absolute Gasteiger partial charge is 0.364 e. The maximum atomic E-state index is 11.4. The lowest BCUT2D eigenvalue weighted by molar-refractivity contribution is 0.0992. The topological polar surface area (TPSA) is 69.1 Å². The maximum absolute atomic E-state index is 11.4. The number of rotatable bonds is 3. The predicted molar refractivity (Wildman–Crippen MR) is 77.2 cm³/mol. The summed E-state index contributed by atoms with van der Waals surface area (Å²) >= 11 is 1.67. The number of hydrogen-bond donors (Lipinski definition) is 1. The van der Waals surface area contributed by atoms with Crippen LogP contribution in [0, 0.1) is 6.92 Å². The van der Waals surface area contributed by atoms with Crippen molar-refractivity contribution in [2.45, 2.75) is 24.9 Å². The zero-order valence-corrected chi connectivity index (χ0v) is 12.4. The Kier molecular flexibility index (Phi) is 3.31. The maximum Gasteiger partial charge on any atom is 0.265 e. The molecule has 106 valence electrons. The van der Waals surface area contributed by atoms with Crippen LogP contribution >= 0.6 is 11.9 Å². The van der Waals surface area contributed by atoms with E-state index in [0.29, 0.717) is 5.69 Å². The van der Waals surface area contributed by atoms with Crippen LogP contribution in [0.1, 0.15) is 21.9 Å². The van der Waals surface area contributed by atoms with E-state index in [-0.39, 0.29) is 5.91 Å². The lowest BCUT2D eigenvalue weighted by atomic mass is 10.3. The quantitative estimate of drug-likeness (QED) is 0.861. The van der Waals surface area contributed by atoms with E-state index in [1.807, 2.05) is 41.5 Å². The number of aromatic nitrogens is 3. The van der Waals surface area contributed by atoms with Crippen LogP contribution in [-0.4, -0.2) is 31.1 Å². The fourth-order valence-electron chi connectivity index (χ4n) is 2.38. The van der Waals surface area contributed by atoms with Crippen LogP contribution in [0.2, 0.25) is 0 Å². The molecule has 0 radical (unpaired) electrons. The molecule has 1 amide bonds. The first-order valence-electron chi connectivity index (χ1n) is 6.46. The summed E-state index contributed by atoms with van der Waals surface area (Å²) in [5.41, 5.74) is 8.21. The number of primary amides is 1. The summed E-state index contributed by atoms with van der Waals surface area (Å²) in [5.74, 6) is -0.390. The summed E-state index contributed by atoms with van der Waals surface area (Å²) in [6, 6.07) is 3.91. The van der Waals surface area contributed by atoms with Crippen LogP contribution in [0.15, 0.2) is 23.2 Å². The highest BCUT2D eigenvalue weighted by Crippen LogP contribution is 2.31. The SMILES string of the molecule is Cc1c(SN2CCn3nccc3C2)cc(C(N)=O)n1C. The molecule has 0 aromatic carbocycles. The number of carbonyl (C=O) groups is 1. The van der Waals surface area contributed by atoms with E-state index in [1.54, 1.807) is 11.9 Å². The first-order chi connectivity index (χ1) is 9.56. The molecule has 2 aromatic heterocycles. The minimum atomic E-state index is -0.390. The average Bonchev–Trinajstić information content (AvgIpc) is 2.98. The van der Waals surface area contributed by atoms with Gasteiger partial charge >= 0.3 is 0 Å². The van der Waals surface area contributed by atoms with Crippen LogP contribution in [0.25, 0.3) is 0 Å². The second kappa shape index (κ2) is 4.99. The number of fused-ring (bicyclic) bond motifs is 1. The summed E-state index contributed by atoms with van der Waals surface area (Å²) in [7, 11) is 1.87. The molecule has 0 atom stereocenters. The van der Waals surface area contributed by atoms with Crippen LogP contribution in [0.4, 0.5) is 0 Å². The van der Waals surface area contributed by atoms with E-state index in [1.165, 1.54) is 5.69 Å². The van der Waals surface area contributed by atoms with Crippen molar-refractivity contribution in [3.8, 4) is 0 Å². The van der Waals surface area contributed by atoms with Crippen molar-refractivity contribution in [3.63, 3.8) is 0 Å². The average molecular weight is 291 g/mol. The highest BCUT2D eigenvalue weighted by Gasteiger charge is 2.20. The summed E-state index contributed by atoms with van der Waals surface area (Å²) in [5, 5.41) is 4.27. The molecule has 0 aliphatic carbocycles. The van der Waals surface area contributed by atoms with Gasteiger partial charge in [0.1, 0.15) is 5.69 Å². The molecule has 0 spiro atoms. The minimum Gasteiger partial charge on any atom is -0.364 e. The molecule has 0 saturated heterocycles. The monoisotopic (exact) mass is 291 g/mol. The van der Waals surface area contributed by atoms with Gasteiger partial charge in [0.25, 0.3) is 5.91 Å². The van der Waals surface area contributed by atoms with Crippen molar-refractivity contribution < 1.29 is 4.79 Å². The smallest absolute Gasteiger partial charge is 0.265 e. The van der Waals surface area contributed by atoms with Crippen molar-refractivity contribution in [1.29, 1.82) is 0 Å². The number of carbonyl (C=O) groups excluding carboxylic acids is 1. The molecular formula is C13H17N5OS. The standard InChI is InChI=1S/C13H17N5OS/c1-9-12(7-11(13(14)19)16(9)2)20-17-5-6-18-10(8-17)3-4-15-18/h3-4,7H,5-6,8H2,1-2H3,(H2,14,19). The molecule has 0 unspecified atom stereocenters. The number of hydrogen-bond acceptors (Lipinski definition) is 4. The van der Waals surface area contributed by atoms with Gasteiger partial charge in [-0.15, -0.1) is 0 Å². The lowest BCUT2D eigenvalue weighted by Crippen LogP contribution is -2.28. The first-order valence-corrected chi connectivity index (χ1v) is 7.23. The molecule has 1 aliphatic rings. The van der Waals surface area contributed by atoms with Crippen molar-refractivity contribution >= 4 is 17.9 Å². The summed E-state index contributed by atoms with van der Waals surface area (Å²) in [4.78, 5) is 12.5. The molecule has 3 rings (SSSR count). The van der Waals surface area contributed by atoms with Crippen LogP contribution in [0.3, 0.4) is 0 Å². The fourth-order valence-corrected chi connectivity index (χ4v) is 3.46. The third-order valence-electron chi connectivity index (χ3n) is 3.67. The van der Waals surface area contributed by atoms with E-state index < -0.39 is 0 Å². The Balaban J connectivity index is 1.79. The third-order valence-corrected chi connectivity index (χ3v) is 4.85. The Hall–Kier alpha value is -1.73. The Morgan fingerprint density at radius 3 is 2.95 bits per heavy atom. The number of nitrogens with zero attached hydrogens (tertiary/aromatic N) is 4. The molecule has 7 heteroatoms. The van der Waals surface area contributed by atoms with Crippen molar-refractivity contribution in [1.82, 2.24) is 18.7 Å². The molecule has 6 nitrogen and oxygen atoms in total. The van der Waals surface area contributed by atoms with Gasteiger partial charge in [0.2, 0.25) is 0 Å². The molecule has 1 aliphatic heterocycles. The third kappa shape index (κ3) is 2.23. The molecule has 0 saturated carbocycles. The van der Waals surface area contributed by atoms with Gasteiger partial charge in [0, 0.05) is 30.4 Å². The molecule has 3 heterocycles. The zero-order chi connectivity index (χ0) is 14.3. The summed E-state index contributed by atoms with van der Waals surface area (Å²) < 4.78 is 6.16. The molecule has 2 aromatic rings. The fraction of sp³-hybridized carbons (Fsp3) is 0.385. The van der Waals surface area contributed by atoms with Crippen molar-refractivity contribution in [2.75, 3.05) is 6.54 Å². The van der Waals surface area contributed by atoms with Crippen molar-refractivity contribution in [2.24, 2.45) is 12.8 Å². The minimum absolute atomic E-state index is 0.390.